The number of anilines is 2. The molecule has 1 atom stereocenters. The summed E-state index contributed by atoms with van der Waals surface area (Å²) >= 11 is 0. The Kier molecular flexibility index (Phi) is 6.04. The van der Waals surface area contributed by atoms with Gasteiger partial charge in [-0.05, 0) is 49.8 Å². The van der Waals surface area contributed by atoms with Crippen molar-refractivity contribution < 1.29 is 4.79 Å². The summed E-state index contributed by atoms with van der Waals surface area (Å²) in [5, 5.41) is 2.95. The van der Waals surface area contributed by atoms with E-state index < -0.39 is 0 Å². The number of carbonyl (C=O) groups excluding carboxylic acids is 1. The van der Waals surface area contributed by atoms with Crippen LogP contribution in [0.25, 0.3) is 0 Å². The first kappa shape index (κ1) is 17.5. The van der Waals surface area contributed by atoms with Gasteiger partial charge in [0.15, 0.2) is 0 Å². The van der Waals surface area contributed by atoms with Gasteiger partial charge in [0.05, 0.1) is 11.9 Å². The topological polar surface area (TPSA) is 45.2 Å². The molecule has 1 aromatic heterocycles. The fraction of sp³-hybridized carbons (Fsp3) is 0.429. The fourth-order valence-corrected chi connectivity index (χ4v) is 3.48. The molecule has 0 spiro atoms. The minimum atomic E-state index is 0.0304. The first-order valence-corrected chi connectivity index (χ1v) is 9.32. The summed E-state index contributed by atoms with van der Waals surface area (Å²) in [6.07, 6.45) is 7.95. The zero-order valence-corrected chi connectivity index (χ0v) is 14.9. The van der Waals surface area contributed by atoms with Gasteiger partial charge in [-0.3, -0.25) is 4.79 Å². The Labute approximate surface area is 150 Å². The van der Waals surface area contributed by atoms with Gasteiger partial charge in [-0.25, -0.2) is 4.98 Å². The molecule has 1 aromatic carbocycles. The lowest BCUT2D eigenvalue weighted by molar-refractivity contribution is -0.116. The monoisotopic (exact) mass is 337 g/mol. The second-order valence-electron chi connectivity index (χ2n) is 6.69. The number of pyridine rings is 1. The molecule has 3 rings (SSSR count). The van der Waals surface area contributed by atoms with Crippen LogP contribution in [-0.4, -0.2) is 23.5 Å². The molecule has 1 unspecified atom stereocenters. The maximum Gasteiger partial charge on any atom is 0.224 e. The molecular weight excluding hydrogens is 310 g/mol. The van der Waals surface area contributed by atoms with Gasteiger partial charge in [0.25, 0.3) is 0 Å². The number of aromatic nitrogens is 1. The van der Waals surface area contributed by atoms with Crippen molar-refractivity contribution in [2.45, 2.75) is 51.5 Å². The highest BCUT2D eigenvalue weighted by Gasteiger charge is 2.21. The number of nitrogens with zero attached hydrogens (tertiary/aromatic N) is 2. The van der Waals surface area contributed by atoms with Crippen molar-refractivity contribution in [2.24, 2.45) is 0 Å². The maximum atomic E-state index is 12.1. The number of hydrogen-bond donors (Lipinski definition) is 1. The molecular formula is C21H27N3O. The molecule has 0 radical (unpaired) electrons. The minimum Gasteiger partial charge on any atom is -0.354 e. The Morgan fingerprint density at radius 3 is 2.76 bits per heavy atom. The summed E-state index contributed by atoms with van der Waals surface area (Å²) in [4.78, 5) is 19.1. The van der Waals surface area contributed by atoms with E-state index in [2.05, 4.69) is 22.1 Å². The van der Waals surface area contributed by atoms with Crippen molar-refractivity contribution in [1.29, 1.82) is 0 Å². The van der Waals surface area contributed by atoms with E-state index in [1.54, 1.807) is 6.20 Å². The number of amides is 1. The SMILES string of the molecule is CCC1CCCCN1c1ccc(NC(=O)CCc2ccccc2)cn1. The Hall–Kier alpha value is -2.36. The molecule has 2 aromatic rings. The van der Waals surface area contributed by atoms with E-state index in [4.69, 9.17) is 0 Å². The zero-order valence-electron chi connectivity index (χ0n) is 14.9. The highest BCUT2D eigenvalue weighted by atomic mass is 16.1. The molecule has 1 N–H and O–H groups in total. The largest absolute Gasteiger partial charge is 0.354 e. The van der Waals surface area contributed by atoms with E-state index in [0.29, 0.717) is 12.5 Å². The molecule has 132 valence electrons. The van der Waals surface area contributed by atoms with Gasteiger partial charge in [0, 0.05) is 19.0 Å². The molecule has 4 nitrogen and oxygen atoms in total. The third kappa shape index (κ3) is 4.81. The Morgan fingerprint density at radius 2 is 2.04 bits per heavy atom. The van der Waals surface area contributed by atoms with Crippen LogP contribution in [0.15, 0.2) is 48.7 Å². The van der Waals surface area contributed by atoms with Gasteiger partial charge in [-0.2, -0.15) is 0 Å². The van der Waals surface area contributed by atoms with Gasteiger partial charge in [0.1, 0.15) is 5.82 Å². The lowest BCUT2D eigenvalue weighted by atomic mass is 10.00. The smallest absolute Gasteiger partial charge is 0.224 e. The molecule has 0 bridgehead atoms. The predicted octanol–water partition coefficient (Wildman–Crippen LogP) is 4.42. The Bertz CT molecular complexity index is 669. The number of piperidine rings is 1. The first-order valence-electron chi connectivity index (χ1n) is 9.32. The van der Waals surface area contributed by atoms with Gasteiger partial charge in [0.2, 0.25) is 5.91 Å². The number of aryl methyl sites for hydroxylation is 1. The Morgan fingerprint density at radius 1 is 1.20 bits per heavy atom. The van der Waals surface area contributed by atoms with E-state index in [9.17, 15) is 4.79 Å². The predicted molar refractivity (Wildman–Crippen MR) is 103 cm³/mol. The van der Waals surface area contributed by atoms with Crippen LogP contribution in [0.2, 0.25) is 0 Å². The standard InChI is InChI=1S/C21H27N3O/c1-2-19-10-6-7-15-24(19)20-13-12-18(16-22-20)23-21(25)14-11-17-8-4-3-5-9-17/h3-5,8-9,12-13,16,19H,2,6-7,10-11,14-15H2,1H3,(H,23,25). The second-order valence-corrected chi connectivity index (χ2v) is 6.69. The molecule has 1 fully saturated rings. The fourth-order valence-electron chi connectivity index (χ4n) is 3.48. The number of rotatable bonds is 6. The van der Waals surface area contributed by atoms with Gasteiger partial charge in [-0.1, -0.05) is 37.3 Å². The van der Waals surface area contributed by atoms with Gasteiger partial charge in [-0.15, -0.1) is 0 Å². The van der Waals surface area contributed by atoms with Crippen LogP contribution >= 0.6 is 0 Å². The van der Waals surface area contributed by atoms with Crippen LogP contribution in [0, 0.1) is 0 Å². The molecule has 1 aliphatic heterocycles. The molecule has 0 aliphatic carbocycles. The van der Waals surface area contributed by atoms with E-state index >= 15 is 0 Å². The lowest BCUT2D eigenvalue weighted by Gasteiger charge is -2.36. The zero-order chi connectivity index (χ0) is 17.5. The van der Waals surface area contributed by atoms with Crippen molar-refractivity contribution in [3.8, 4) is 0 Å². The summed E-state index contributed by atoms with van der Waals surface area (Å²) in [5.74, 6) is 1.05. The van der Waals surface area contributed by atoms with Crippen molar-refractivity contribution in [2.75, 3.05) is 16.8 Å². The molecule has 1 amide bonds. The van der Waals surface area contributed by atoms with Crippen LogP contribution in [0.4, 0.5) is 11.5 Å². The normalized spacial score (nSPS) is 17.3. The number of nitrogens with one attached hydrogen (secondary N) is 1. The average molecular weight is 337 g/mol. The molecule has 1 aliphatic rings. The van der Waals surface area contributed by atoms with E-state index in [1.165, 1.54) is 24.8 Å². The summed E-state index contributed by atoms with van der Waals surface area (Å²) in [7, 11) is 0. The van der Waals surface area contributed by atoms with Gasteiger partial charge < -0.3 is 10.2 Å². The quantitative estimate of drug-likeness (QED) is 0.848. The van der Waals surface area contributed by atoms with E-state index in [1.807, 2.05) is 42.5 Å². The summed E-state index contributed by atoms with van der Waals surface area (Å²) in [6.45, 7) is 3.32. The van der Waals surface area contributed by atoms with Crippen LogP contribution in [0.1, 0.15) is 44.6 Å². The number of carbonyl (C=O) groups is 1. The van der Waals surface area contributed by atoms with Crippen LogP contribution in [0.3, 0.4) is 0 Å². The molecule has 1 saturated heterocycles. The van der Waals surface area contributed by atoms with Crippen molar-refractivity contribution in [1.82, 2.24) is 4.98 Å². The molecule has 4 heteroatoms. The average Bonchev–Trinajstić information content (AvgIpc) is 2.68. The molecule has 0 saturated carbocycles. The van der Waals surface area contributed by atoms with Crippen molar-refractivity contribution in [3.05, 3.63) is 54.2 Å². The highest BCUT2D eigenvalue weighted by molar-refractivity contribution is 5.90. The third-order valence-electron chi connectivity index (χ3n) is 4.91. The third-order valence-corrected chi connectivity index (χ3v) is 4.91. The van der Waals surface area contributed by atoms with Gasteiger partial charge >= 0.3 is 0 Å². The first-order chi connectivity index (χ1) is 12.3. The van der Waals surface area contributed by atoms with Crippen LogP contribution in [0.5, 0.6) is 0 Å². The summed E-state index contributed by atoms with van der Waals surface area (Å²) < 4.78 is 0. The second kappa shape index (κ2) is 8.65. The molecule has 2 heterocycles. The van der Waals surface area contributed by atoms with E-state index in [-0.39, 0.29) is 5.91 Å². The van der Waals surface area contributed by atoms with E-state index in [0.717, 1.165) is 30.9 Å². The summed E-state index contributed by atoms with van der Waals surface area (Å²) in [6, 6.07) is 14.7. The van der Waals surface area contributed by atoms with Crippen LogP contribution < -0.4 is 10.2 Å². The summed E-state index contributed by atoms with van der Waals surface area (Å²) in [5.41, 5.74) is 1.95. The Balaban J connectivity index is 1.54. The lowest BCUT2D eigenvalue weighted by Crippen LogP contribution is -2.39. The van der Waals surface area contributed by atoms with Crippen molar-refractivity contribution in [3.63, 3.8) is 0 Å². The maximum absolute atomic E-state index is 12.1. The van der Waals surface area contributed by atoms with Crippen LogP contribution in [-0.2, 0) is 11.2 Å². The minimum absolute atomic E-state index is 0.0304. The highest BCUT2D eigenvalue weighted by Crippen LogP contribution is 2.25. The molecule has 25 heavy (non-hydrogen) atoms. The number of hydrogen-bond acceptors (Lipinski definition) is 3. The number of benzene rings is 1. The van der Waals surface area contributed by atoms with Crippen molar-refractivity contribution >= 4 is 17.4 Å².